The molecule has 1 aliphatic rings. The van der Waals surface area contributed by atoms with E-state index < -0.39 is 66.6 Å². The number of carbonyl (C=O) groups is 6. The van der Waals surface area contributed by atoms with Crippen LogP contribution in [0.25, 0.3) is 10.8 Å². The molecule has 0 fully saturated rings. The predicted octanol–water partition coefficient (Wildman–Crippen LogP) is 4.44. The third-order valence-electron chi connectivity index (χ3n) is 7.75. The molecule has 14 heteroatoms. The Labute approximate surface area is 289 Å². The van der Waals surface area contributed by atoms with Crippen molar-refractivity contribution in [3.63, 3.8) is 0 Å². The van der Waals surface area contributed by atoms with Gasteiger partial charge in [-0.3, -0.25) is 28.9 Å². The summed E-state index contributed by atoms with van der Waals surface area (Å²) >= 11 is 12.1. The normalized spacial score (nSPS) is 15.2. The largest absolute Gasteiger partial charge is 0.489 e. The first-order valence-corrected chi connectivity index (χ1v) is 15.7. The van der Waals surface area contributed by atoms with Crippen LogP contribution in [0.1, 0.15) is 34.1 Å². The lowest BCUT2D eigenvalue weighted by molar-refractivity contribution is -0.141. The number of hydrogen-bond acceptors (Lipinski definition) is 8. The van der Waals surface area contributed by atoms with E-state index in [4.69, 9.17) is 32.7 Å². The van der Waals surface area contributed by atoms with Crippen molar-refractivity contribution in [3.05, 3.63) is 106 Å². The van der Waals surface area contributed by atoms with Crippen molar-refractivity contribution in [1.82, 2.24) is 10.6 Å². The second kappa shape index (κ2) is 15.2. The lowest BCUT2D eigenvalue weighted by Gasteiger charge is -2.30. The number of halogens is 2. The smallest absolute Gasteiger partial charge is 0.341 e. The fourth-order valence-electron chi connectivity index (χ4n) is 5.22. The molecule has 1 heterocycles. The quantitative estimate of drug-likeness (QED) is 0.191. The van der Waals surface area contributed by atoms with Gasteiger partial charge in [-0.15, -0.1) is 0 Å². The SMILES string of the molecule is CC(C(=O)NC(CC(=O)O)C(=O)COC(=O)c1c(Cl)cccc1Cl)N1C(=O)C(NC(=O)c2ccc3ccccc3c2)COc2ccccc21. The fourth-order valence-corrected chi connectivity index (χ4v) is 5.77. The number of nitrogens with zero attached hydrogens (tertiary/aromatic N) is 1. The van der Waals surface area contributed by atoms with Crippen molar-refractivity contribution < 1.29 is 43.3 Å². The third-order valence-corrected chi connectivity index (χ3v) is 8.38. The Morgan fingerprint density at radius 2 is 1.61 bits per heavy atom. The van der Waals surface area contributed by atoms with E-state index in [0.29, 0.717) is 5.56 Å². The molecule has 3 amide bonds. The lowest BCUT2D eigenvalue weighted by Crippen LogP contribution is -2.57. The van der Waals surface area contributed by atoms with E-state index in [0.717, 1.165) is 15.7 Å². The van der Waals surface area contributed by atoms with Gasteiger partial charge in [0, 0.05) is 5.56 Å². The Bertz CT molecular complexity index is 1950. The molecule has 3 N–H and O–H groups in total. The number of benzene rings is 4. The van der Waals surface area contributed by atoms with Gasteiger partial charge in [-0.05, 0) is 54.1 Å². The second-order valence-corrected chi connectivity index (χ2v) is 11.9. The van der Waals surface area contributed by atoms with Crippen LogP contribution in [0.5, 0.6) is 5.75 Å². The molecule has 4 aromatic carbocycles. The molecule has 12 nitrogen and oxygen atoms in total. The van der Waals surface area contributed by atoms with Crippen molar-refractivity contribution in [2.75, 3.05) is 18.1 Å². The van der Waals surface area contributed by atoms with E-state index in [1.165, 1.54) is 25.1 Å². The van der Waals surface area contributed by atoms with Crippen molar-refractivity contribution >= 4 is 75.1 Å². The number of para-hydroxylation sites is 2. The van der Waals surface area contributed by atoms with E-state index in [1.807, 2.05) is 24.3 Å². The monoisotopic (exact) mass is 705 g/mol. The van der Waals surface area contributed by atoms with Crippen LogP contribution in [-0.4, -0.2) is 71.9 Å². The summed E-state index contributed by atoms with van der Waals surface area (Å²) < 4.78 is 10.9. The molecule has 0 saturated heterocycles. The van der Waals surface area contributed by atoms with Crippen molar-refractivity contribution in [3.8, 4) is 5.75 Å². The van der Waals surface area contributed by atoms with E-state index >= 15 is 0 Å². The van der Waals surface area contributed by atoms with Crippen LogP contribution in [0.15, 0.2) is 84.9 Å². The van der Waals surface area contributed by atoms with Crippen LogP contribution in [0.3, 0.4) is 0 Å². The predicted molar refractivity (Wildman–Crippen MR) is 180 cm³/mol. The maximum atomic E-state index is 14.0. The average Bonchev–Trinajstić information content (AvgIpc) is 3.21. The van der Waals surface area contributed by atoms with Gasteiger partial charge in [-0.25, -0.2) is 4.79 Å². The second-order valence-electron chi connectivity index (χ2n) is 11.0. The van der Waals surface area contributed by atoms with Crippen LogP contribution in [0.2, 0.25) is 10.0 Å². The maximum Gasteiger partial charge on any atom is 0.341 e. The number of carboxylic acid groups (broad SMARTS) is 1. The number of ketones is 1. The van der Waals surface area contributed by atoms with Gasteiger partial charge < -0.3 is 25.2 Å². The van der Waals surface area contributed by atoms with Crippen LogP contribution >= 0.6 is 23.2 Å². The summed E-state index contributed by atoms with van der Waals surface area (Å²) in [5.74, 6) is -5.27. The zero-order chi connectivity index (χ0) is 35.2. The first kappa shape index (κ1) is 34.9. The summed E-state index contributed by atoms with van der Waals surface area (Å²) in [6.07, 6.45) is -0.847. The Morgan fingerprint density at radius 3 is 2.33 bits per heavy atom. The number of fused-ring (bicyclic) bond motifs is 2. The lowest BCUT2D eigenvalue weighted by atomic mass is 10.1. The summed E-state index contributed by atoms with van der Waals surface area (Å²) in [6, 6.07) is 19.1. The molecule has 252 valence electrons. The average molecular weight is 707 g/mol. The van der Waals surface area contributed by atoms with Gasteiger partial charge in [0.25, 0.3) is 11.8 Å². The molecule has 0 bridgehead atoms. The summed E-state index contributed by atoms with van der Waals surface area (Å²) in [5.41, 5.74) is 0.330. The van der Waals surface area contributed by atoms with E-state index in [2.05, 4.69) is 10.6 Å². The number of Topliss-reactive ketones (excluding diaryl/α,β-unsaturated/α-hetero) is 1. The molecule has 1 aliphatic heterocycles. The maximum absolute atomic E-state index is 14.0. The highest BCUT2D eigenvalue weighted by Gasteiger charge is 2.39. The minimum absolute atomic E-state index is 0.0210. The van der Waals surface area contributed by atoms with Crippen molar-refractivity contribution in [2.45, 2.75) is 31.5 Å². The molecule has 49 heavy (non-hydrogen) atoms. The standard InChI is InChI=1S/C35H29Cl2N3O9/c1-19(32(44)38-25(16-30(42)43)28(41)18-49-35(47)31-23(36)9-6-10-24(31)37)40-27-11-4-5-12-29(27)48-17-26(34(40)46)39-33(45)22-14-13-20-7-2-3-8-21(20)15-22/h2-15,19,25-26H,16-18H2,1H3,(H,38,44)(H,39,45)(H,42,43). The van der Waals surface area contributed by atoms with Crippen LogP contribution in [0, 0.1) is 0 Å². The van der Waals surface area contributed by atoms with Gasteiger partial charge in [0.2, 0.25) is 5.91 Å². The molecule has 0 spiro atoms. The molecule has 3 atom stereocenters. The highest BCUT2D eigenvalue weighted by molar-refractivity contribution is 6.39. The molecule has 0 aliphatic carbocycles. The van der Waals surface area contributed by atoms with Crippen molar-refractivity contribution in [2.24, 2.45) is 0 Å². The van der Waals surface area contributed by atoms with Crippen molar-refractivity contribution in [1.29, 1.82) is 0 Å². The van der Waals surface area contributed by atoms with E-state index in [1.54, 1.807) is 42.5 Å². The van der Waals surface area contributed by atoms with Crippen LogP contribution in [-0.2, 0) is 23.9 Å². The van der Waals surface area contributed by atoms with Crippen LogP contribution < -0.4 is 20.3 Å². The Kier molecular flexibility index (Phi) is 10.8. The third kappa shape index (κ3) is 7.99. The first-order chi connectivity index (χ1) is 23.4. The highest BCUT2D eigenvalue weighted by Crippen LogP contribution is 2.33. The number of ether oxygens (including phenoxy) is 2. The van der Waals surface area contributed by atoms with Gasteiger partial charge in [0.05, 0.1) is 27.7 Å². The van der Waals surface area contributed by atoms with Crippen LogP contribution in [0.4, 0.5) is 5.69 Å². The van der Waals surface area contributed by atoms with Gasteiger partial charge in [-0.1, -0.05) is 71.7 Å². The van der Waals surface area contributed by atoms with Gasteiger partial charge in [0.15, 0.2) is 12.4 Å². The fraction of sp³-hybridized carbons (Fsp3) is 0.200. The molecular weight excluding hydrogens is 677 g/mol. The Balaban J connectivity index is 1.33. The molecule has 0 aromatic heterocycles. The summed E-state index contributed by atoms with van der Waals surface area (Å²) in [4.78, 5) is 79.3. The molecule has 4 aromatic rings. The number of carboxylic acids is 1. The zero-order valence-electron chi connectivity index (χ0n) is 25.9. The Morgan fingerprint density at radius 1 is 0.939 bits per heavy atom. The minimum Gasteiger partial charge on any atom is -0.489 e. The van der Waals surface area contributed by atoms with Gasteiger partial charge >= 0.3 is 11.9 Å². The number of esters is 1. The molecule has 5 rings (SSSR count). The molecule has 0 saturated carbocycles. The first-order valence-electron chi connectivity index (χ1n) is 14.9. The highest BCUT2D eigenvalue weighted by atomic mass is 35.5. The molecular formula is C35H29Cl2N3O9. The number of rotatable bonds is 11. The summed E-state index contributed by atoms with van der Waals surface area (Å²) in [7, 11) is 0. The minimum atomic E-state index is -1.64. The number of anilines is 1. The number of aliphatic carboxylic acids is 1. The number of nitrogens with one attached hydrogen (secondary N) is 2. The van der Waals surface area contributed by atoms with Gasteiger partial charge in [-0.2, -0.15) is 0 Å². The Hall–Kier alpha value is -5.46. The number of amides is 3. The topological polar surface area (TPSA) is 168 Å². The summed E-state index contributed by atoms with van der Waals surface area (Å²) in [5, 5.41) is 16.2. The summed E-state index contributed by atoms with van der Waals surface area (Å²) in [6.45, 7) is 0.218. The van der Waals surface area contributed by atoms with E-state index in [9.17, 15) is 33.9 Å². The van der Waals surface area contributed by atoms with E-state index in [-0.39, 0.29) is 33.7 Å². The molecule has 3 unspecified atom stereocenters. The number of carbonyl (C=O) groups excluding carboxylic acids is 5. The number of hydrogen-bond donors (Lipinski definition) is 3. The molecule has 0 radical (unpaired) electrons. The zero-order valence-corrected chi connectivity index (χ0v) is 27.4. The van der Waals surface area contributed by atoms with Gasteiger partial charge in [0.1, 0.15) is 30.5 Å².